The van der Waals surface area contributed by atoms with Crippen molar-refractivity contribution in [1.29, 1.82) is 0 Å². The van der Waals surface area contributed by atoms with Crippen LogP contribution < -0.4 is 4.74 Å². The number of hydrogen-bond donors (Lipinski definition) is 1. The van der Waals surface area contributed by atoms with Gasteiger partial charge < -0.3 is 14.7 Å². The van der Waals surface area contributed by atoms with Gasteiger partial charge >= 0.3 is 0 Å². The maximum absolute atomic E-state index is 13.1. The zero-order valence-electron chi connectivity index (χ0n) is 17.5. The molecule has 0 saturated carbocycles. The summed E-state index contributed by atoms with van der Waals surface area (Å²) >= 11 is 0. The van der Waals surface area contributed by atoms with Crippen LogP contribution in [-0.4, -0.2) is 58.7 Å². The van der Waals surface area contributed by atoms with Crippen molar-refractivity contribution in [1.82, 2.24) is 9.80 Å². The molecular weight excluding hydrogens is 364 g/mol. The van der Waals surface area contributed by atoms with Crippen molar-refractivity contribution in [3.8, 4) is 5.75 Å². The number of β-amino-alcohol motifs (C(OH)–C–C–N with tert-alkyl or cyclic N) is 1. The van der Waals surface area contributed by atoms with Gasteiger partial charge in [0.15, 0.2) is 0 Å². The van der Waals surface area contributed by atoms with E-state index in [2.05, 4.69) is 29.2 Å². The van der Waals surface area contributed by atoms with Crippen LogP contribution in [-0.2, 0) is 13.0 Å². The van der Waals surface area contributed by atoms with Crippen LogP contribution >= 0.6 is 0 Å². The molecule has 0 fully saturated rings. The number of carbonyl (C=O) groups is 1. The lowest BCUT2D eigenvalue weighted by Gasteiger charge is -2.33. The third-order valence-corrected chi connectivity index (χ3v) is 5.72. The Hall–Kier alpha value is -2.37. The normalized spacial score (nSPS) is 19.7. The fourth-order valence-electron chi connectivity index (χ4n) is 4.39. The van der Waals surface area contributed by atoms with Crippen molar-refractivity contribution in [2.75, 3.05) is 26.2 Å². The number of aliphatic hydroxyl groups excluding tert-OH is 1. The number of fused-ring (bicyclic) bond motifs is 2. The molecule has 2 aromatic carbocycles. The lowest BCUT2D eigenvalue weighted by Crippen LogP contribution is -2.48. The topological polar surface area (TPSA) is 53.0 Å². The number of benzene rings is 2. The van der Waals surface area contributed by atoms with Crippen molar-refractivity contribution < 1.29 is 14.6 Å². The van der Waals surface area contributed by atoms with Gasteiger partial charge in [0, 0.05) is 26.2 Å². The molecule has 0 saturated heterocycles. The van der Waals surface area contributed by atoms with Gasteiger partial charge in [0.1, 0.15) is 11.4 Å². The average Bonchev–Trinajstić information content (AvgIpc) is 2.75. The zero-order valence-corrected chi connectivity index (χ0v) is 17.5. The van der Waals surface area contributed by atoms with E-state index in [1.165, 1.54) is 11.1 Å². The van der Waals surface area contributed by atoms with Gasteiger partial charge in [-0.1, -0.05) is 30.3 Å². The summed E-state index contributed by atoms with van der Waals surface area (Å²) in [6.45, 7) is 9.04. The molecule has 1 atom stereocenters. The summed E-state index contributed by atoms with van der Waals surface area (Å²) in [6, 6.07) is 14.2. The Bertz CT molecular complexity index is 909. The summed E-state index contributed by atoms with van der Waals surface area (Å²) in [7, 11) is 0. The van der Waals surface area contributed by atoms with Crippen molar-refractivity contribution in [2.45, 2.75) is 45.4 Å². The Balaban J connectivity index is 1.45. The van der Waals surface area contributed by atoms with Gasteiger partial charge in [0.05, 0.1) is 18.2 Å². The predicted molar refractivity (Wildman–Crippen MR) is 113 cm³/mol. The molecule has 5 heteroatoms. The number of nitrogens with zero attached hydrogens (tertiary/aromatic N) is 2. The number of carbonyl (C=O) groups excluding carboxylic acids is 1. The first-order valence-corrected chi connectivity index (χ1v) is 10.4. The van der Waals surface area contributed by atoms with Gasteiger partial charge in [0.25, 0.3) is 5.91 Å². The van der Waals surface area contributed by atoms with Crippen molar-refractivity contribution in [3.05, 3.63) is 64.7 Å². The number of aryl methyl sites for hydroxylation is 1. The van der Waals surface area contributed by atoms with E-state index >= 15 is 0 Å². The van der Waals surface area contributed by atoms with Gasteiger partial charge in [-0.05, 0) is 56.0 Å². The third-order valence-electron chi connectivity index (χ3n) is 5.72. The molecule has 29 heavy (non-hydrogen) atoms. The number of aliphatic hydroxyl groups is 1. The first-order valence-electron chi connectivity index (χ1n) is 10.4. The van der Waals surface area contributed by atoms with E-state index in [9.17, 15) is 9.90 Å². The van der Waals surface area contributed by atoms with Gasteiger partial charge in [-0.15, -0.1) is 0 Å². The molecular formula is C24H30N2O3. The van der Waals surface area contributed by atoms with Crippen LogP contribution in [0.25, 0.3) is 0 Å². The highest BCUT2D eigenvalue weighted by Gasteiger charge is 2.34. The molecule has 5 nitrogen and oxygen atoms in total. The standard InChI is InChI=1S/C24H30N2O3/c1-17-8-9-21-22(12-17)29-24(2,3)16-26(23(21)28)15-20(27)14-25-11-10-18-6-4-5-7-19(18)13-25/h4-9,12,20,27H,10-11,13-16H2,1-3H3. The maximum Gasteiger partial charge on any atom is 0.257 e. The van der Waals surface area contributed by atoms with Crippen LogP contribution in [0.4, 0.5) is 0 Å². The second-order valence-electron chi connectivity index (χ2n) is 8.95. The number of ether oxygens (including phenoxy) is 1. The van der Waals surface area contributed by atoms with Gasteiger partial charge in [-0.3, -0.25) is 9.69 Å². The van der Waals surface area contributed by atoms with Crippen LogP contribution in [0, 0.1) is 6.92 Å². The smallest absolute Gasteiger partial charge is 0.257 e. The van der Waals surface area contributed by atoms with E-state index in [4.69, 9.17) is 4.74 Å². The van der Waals surface area contributed by atoms with E-state index in [1.807, 2.05) is 39.0 Å². The minimum absolute atomic E-state index is 0.0754. The second kappa shape index (κ2) is 7.81. The molecule has 1 unspecified atom stereocenters. The monoisotopic (exact) mass is 394 g/mol. The van der Waals surface area contributed by atoms with Gasteiger partial charge in [-0.2, -0.15) is 0 Å². The van der Waals surface area contributed by atoms with E-state index in [-0.39, 0.29) is 5.91 Å². The molecule has 4 rings (SSSR count). The minimum atomic E-state index is -0.605. The predicted octanol–water partition coefficient (Wildman–Crippen LogP) is 3.03. The van der Waals surface area contributed by atoms with Crippen molar-refractivity contribution in [3.63, 3.8) is 0 Å². The summed E-state index contributed by atoms with van der Waals surface area (Å²) in [4.78, 5) is 17.2. The Morgan fingerprint density at radius 1 is 1.14 bits per heavy atom. The number of rotatable bonds is 4. The van der Waals surface area contributed by atoms with E-state index < -0.39 is 11.7 Å². The molecule has 0 aliphatic carbocycles. The average molecular weight is 395 g/mol. The Morgan fingerprint density at radius 2 is 1.90 bits per heavy atom. The molecule has 2 aliphatic heterocycles. The first kappa shape index (κ1) is 19.9. The number of amides is 1. The maximum atomic E-state index is 13.1. The summed E-state index contributed by atoms with van der Waals surface area (Å²) in [5.41, 5.74) is 3.84. The largest absolute Gasteiger partial charge is 0.485 e. The Labute approximate surface area is 172 Å². The lowest BCUT2D eigenvalue weighted by atomic mass is 9.99. The van der Waals surface area contributed by atoms with Gasteiger partial charge in [-0.25, -0.2) is 0 Å². The quantitative estimate of drug-likeness (QED) is 0.866. The zero-order chi connectivity index (χ0) is 20.6. The molecule has 0 radical (unpaired) electrons. The highest BCUT2D eigenvalue weighted by atomic mass is 16.5. The van der Waals surface area contributed by atoms with Crippen LogP contribution in [0.15, 0.2) is 42.5 Å². The lowest BCUT2D eigenvalue weighted by molar-refractivity contribution is 0.0287. The van der Waals surface area contributed by atoms with E-state index in [0.29, 0.717) is 30.9 Å². The minimum Gasteiger partial charge on any atom is -0.485 e. The second-order valence-corrected chi connectivity index (χ2v) is 8.95. The molecule has 1 N–H and O–H groups in total. The summed E-state index contributed by atoms with van der Waals surface area (Å²) in [5, 5.41) is 10.8. The summed E-state index contributed by atoms with van der Waals surface area (Å²) in [5.74, 6) is 0.554. The van der Waals surface area contributed by atoms with Crippen LogP contribution in [0.3, 0.4) is 0 Å². The fourth-order valence-corrected chi connectivity index (χ4v) is 4.39. The molecule has 0 spiro atoms. The van der Waals surface area contributed by atoms with Crippen LogP contribution in [0.5, 0.6) is 5.75 Å². The molecule has 0 bridgehead atoms. The van der Waals surface area contributed by atoms with Crippen molar-refractivity contribution >= 4 is 5.91 Å². The molecule has 2 aliphatic rings. The first-order chi connectivity index (χ1) is 13.8. The van der Waals surface area contributed by atoms with Crippen LogP contribution in [0.1, 0.15) is 40.9 Å². The highest BCUT2D eigenvalue weighted by molar-refractivity contribution is 5.97. The summed E-state index contributed by atoms with van der Waals surface area (Å²) in [6.07, 6.45) is 0.395. The third kappa shape index (κ3) is 4.46. The molecule has 2 heterocycles. The Morgan fingerprint density at radius 3 is 2.69 bits per heavy atom. The SMILES string of the molecule is Cc1ccc2c(c1)OC(C)(C)CN(CC(O)CN1CCc3ccccc3C1)C2=O. The molecule has 2 aromatic rings. The molecule has 1 amide bonds. The highest BCUT2D eigenvalue weighted by Crippen LogP contribution is 2.30. The summed E-state index contributed by atoms with van der Waals surface area (Å²) < 4.78 is 6.14. The molecule has 0 aromatic heterocycles. The van der Waals surface area contributed by atoms with Crippen LogP contribution in [0.2, 0.25) is 0 Å². The van der Waals surface area contributed by atoms with E-state index in [0.717, 1.165) is 25.1 Å². The van der Waals surface area contributed by atoms with E-state index in [1.54, 1.807) is 4.90 Å². The fraction of sp³-hybridized carbons (Fsp3) is 0.458. The molecule has 154 valence electrons. The Kier molecular flexibility index (Phi) is 5.36. The number of hydrogen-bond acceptors (Lipinski definition) is 4. The van der Waals surface area contributed by atoms with Crippen molar-refractivity contribution in [2.24, 2.45) is 0 Å². The van der Waals surface area contributed by atoms with Gasteiger partial charge in [0.2, 0.25) is 0 Å².